The topological polar surface area (TPSA) is 57.6 Å². The molecule has 0 saturated carbocycles. The summed E-state index contributed by atoms with van der Waals surface area (Å²) in [6, 6.07) is 6.44. The van der Waals surface area contributed by atoms with Crippen molar-refractivity contribution in [3.05, 3.63) is 35.4 Å². The van der Waals surface area contributed by atoms with E-state index < -0.39 is 5.97 Å². The van der Waals surface area contributed by atoms with E-state index in [0.29, 0.717) is 11.5 Å². The van der Waals surface area contributed by atoms with Crippen molar-refractivity contribution < 1.29 is 14.7 Å². The minimum absolute atomic E-state index is 0.0875. The molecule has 0 spiro atoms. The quantitative estimate of drug-likeness (QED) is 0.927. The van der Waals surface area contributed by atoms with Crippen molar-refractivity contribution in [2.24, 2.45) is 5.92 Å². The molecule has 0 aromatic heterocycles. The Kier molecular flexibility index (Phi) is 5.06. The second-order valence-electron chi connectivity index (χ2n) is 5.07. The van der Waals surface area contributed by atoms with Crippen LogP contribution in [0, 0.1) is 5.92 Å². The summed E-state index contributed by atoms with van der Waals surface area (Å²) in [5.41, 5.74) is 0.384. The monoisotopic (exact) mass is 293 g/mol. The first kappa shape index (κ1) is 14.9. The van der Waals surface area contributed by atoms with Crippen LogP contribution in [-0.4, -0.2) is 47.0 Å². The number of carbonyl (C=O) groups is 2. The average Bonchev–Trinajstić information content (AvgIpc) is 2.47. The van der Waals surface area contributed by atoms with E-state index in [0.717, 1.165) is 31.7 Å². The SMILES string of the molecule is CSC[C@H]1CCCN(C(=O)c2ccccc2C(=O)O)C1. The van der Waals surface area contributed by atoms with Gasteiger partial charge in [0, 0.05) is 13.1 Å². The molecule has 1 heterocycles. The first-order valence-electron chi connectivity index (χ1n) is 6.74. The van der Waals surface area contributed by atoms with E-state index in [1.165, 1.54) is 6.07 Å². The molecular formula is C15H19NO3S. The molecule has 1 aromatic rings. The van der Waals surface area contributed by atoms with Crippen LogP contribution in [0.1, 0.15) is 33.6 Å². The lowest BCUT2D eigenvalue weighted by molar-refractivity contribution is 0.0649. The molecule has 1 aromatic carbocycles. The summed E-state index contributed by atoms with van der Waals surface area (Å²) in [4.78, 5) is 25.5. The maximum atomic E-state index is 12.5. The summed E-state index contributed by atoms with van der Waals surface area (Å²) in [6.45, 7) is 1.45. The molecule has 108 valence electrons. The Morgan fingerprint density at radius 3 is 2.70 bits per heavy atom. The van der Waals surface area contributed by atoms with Gasteiger partial charge in [-0.1, -0.05) is 12.1 Å². The van der Waals surface area contributed by atoms with Crippen LogP contribution in [-0.2, 0) is 0 Å². The third-order valence-electron chi connectivity index (χ3n) is 3.60. The fraction of sp³-hybridized carbons (Fsp3) is 0.467. The molecule has 0 unspecified atom stereocenters. The van der Waals surface area contributed by atoms with E-state index in [2.05, 4.69) is 6.26 Å². The van der Waals surface area contributed by atoms with Gasteiger partial charge in [-0.05, 0) is 42.9 Å². The van der Waals surface area contributed by atoms with Gasteiger partial charge in [-0.2, -0.15) is 11.8 Å². The van der Waals surface area contributed by atoms with Crippen LogP contribution in [0.2, 0.25) is 0 Å². The summed E-state index contributed by atoms with van der Waals surface area (Å²) >= 11 is 1.79. The Labute approximate surface area is 123 Å². The number of hydrogen-bond donors (Lipinski definition) is 1. The minimum atomic E-state index is -1.05. The van der Waals surface area contributed by atoms with Gasteiger partial charge in [0.2, 0.25) is 0 Å². The second kappa shape index (κ2) is 6.79. The molecular weight excluding hydrogens is 274 g/mol. The average molecular weight is 293 g/mol. The van der Waals surface area contributed by atoms with Gasteiger partial charge in [0.05, 0.1) is 11.1 Å². The summed E-state index contributed by atoms with van der Waals surface area (Å²) in [5.74, 6) is 0.352. The van der Waals surface area contributed by atoms with Crippen molar-refractivity contribution in [1.29, 1.82) is 0 Å². The number of aromatic carboxylic acids is 1. The Bertz CT molecular complexity index is 502. The Hall–Kier alpha value is -1.49. The molecule has 1 amide bonds. The van der Waals surface area contributed by atoms with Gasteiger partial charge < -0.3 is 10.0 Å². The van der Waals surface area contributed by atoms with Gasteiger partial charge in [-0.25, -0.2) is 4.79 Å². The molecule has 5 heteroatoms. The maximum absolute atomic E-state index is 12.5. The van der Waals surface area contributed by atoms with E-state index >= 15 is 0 Å². The zero-order valence-electron chi connectivity index (χ0n) is 11.5. The Balaban J connectivity index is 2.17. The van der Waals surface area contributed by atoms with E-state index in [1.807, 2.05) is 0 Å². The summed E-state index contributed by atoms with van der Waals surface area (Å²) < 4.78 is 0. The van der Waals surface area contributed by atoms with E-state index in [-0.39, 0.29) is 11.5 Å². The summed E-state index contributed by atoms with van der Waals surface area (Å²) in [7, 11) is 0. The summed E-state index contributed by atoms with van der Waals surface area (Å²) in [5, 5.41) is 9.18. The van der Waals surface area contributed by atoms with Gasteiger partial charge in [-0.3, -0.25) is 4.79 Å². The molecule has 1 atom stereocenters. The van der Waals surface area contributed by atoms with Gasteiger partial charge in [0.15, 0.2) is 0 Å². The van der Waals surface area contributed by atoms with Crippen LogP contribution in [0.25, 0.3) is 0 Å². The smallest absolute Gasteiger partial charge is 0.336 e. The Morgan fingerprint density at radius 1 is 1.35 bits per heavy atom. The highest BCUT2D eigenvalue weighted by Gasteiger charge is 2.26. The first-order valence-corrected chi connectivity index (χ1v) is 8.13. The largest absolute Gasteiger partial charge is 0.478 e. The highest BCUT2D eigenvalue weighted by molar-refractivity contribution is 7.98. The number of thioether (sulfide) groups is 1. The number of hydrogen-bond acceptors (Lipinski definition) is 3. The highest BCUT2D eigenvalue weighted by Crippen LogP contribution is 2.22. The zero-order valence-corrected chi connectivity index (χ0v) is 12.4. The lowest BCUT2D eigenvalue weighted by Crippen LogP contribution is -2.41. The van der Waals surface area contributed by atoms with Crippen LogP contribution in [0.15, 0.2) is 24.3 Å². The van der Waals surface area contributed by atoms with Crippen molar-refractivity contribution in [3.8, 4) is 0 Å². The molecule has 0 aliphatic carbocycles. The number of carbonyl (C=O) groups excluding carboxylic acids is 1. The third kappa shape index (κ3) is 3.33. The predicted octanol–water partition coefficient (Wildman–Crippen LogP) is 2.60. The van der Waals surface area contributed by atoms with Crippen molar-refractivity contribution in [1.82, 2.24) is 4.90 Å². The number of amides is 1. The van der Waals surface area contributed by atoms with E-state index in [1.54, 1.807) is 34.9 Å². The van der Waals surface area contributed by atoms with Crippen molar-refractivity contribution in [3.63, 3.8) is 0 Å². The van der Waals surface area contributed by atoms with Crippen LogP contribution < -0.4 is 0 Å². The van der Waals surface area contributed by atoms with Crippen LogP contribution in [0.3, 0.4) is 0 Å². The zero-order chi connectivity index (χ0) is 14.5. The number of benzene rings is 1. The number of carboxylic acids is 1. The molecule has 1 aliphatic heterocycles. The van der Waals surface area contributed by atoms with Gasteiger partial charge in [-0.15, -0.1) is 0 Å². The van der Waals surface area contributed by atoms with Crippen molar-refractivity contribution >= 4 is 23.6 Å². The molecule has 2 rings (SSSR count). The van der Waals surface area contributed by atoms with Gasteiger partial charge in [0.25, 0.3) is 5.91 Å². The molecule has 0 bridgehead atoms. The van der Waals surface area contributed by atoms with Crippen molar-refractivity contribution in [2.75, 3.05) is 25.1 Å². The first-order chi connectivity index (χ1) is 9.63. The maximum Gasteiger partial charge on any atom is 0.336 e. The minimum Gasteiger partial charge on any atom is -0.478 e. The number of rotatable bonds is 4. The molecule has 1 saturated heterocycles. The van der Waals surface area contributed by atoms with Gasteiger partial charge >= 0.3 is 5.97 Å². The fourth-order valence-electron chi connectivity index (χ4n) is 2.65. The standard InChI is InChI=1S/C15H19NO3S/c1-20-10-11-5-4-8-16(9-11)14(17)12-6-2-3-7-13(12)15(18)19/h2-3,6-7,11H,4-5,8-10H2,1H3,(H,18,19)/t11-/m0/s1. The van der Waals surface area contributed by atoms with Crippen molar-refractivity contribution in [2.45, 2.75) is 12.8 Å². The lowest BCUT2D eigenvalue weighted by atomic mass is 9.98. The number of nitrogens with zero attached hydrogens (tertiary/aromatic N) is 1. The van der Waals surface area contributed by atoms with Crippen LogP contribution in [0.4, 0.5) is 0 Å². The van der Waals surface area contributed by atoms with E-state index in [4.69, 9.17) is 0 Å². The second-order valence-corrected chi connectivity index (χ2v) is 5.98. The number of piperidine rings is 1. The molecule has 4 nitrogen and oxygen atoms in total. The predicted molar refractivity (Wildman–Crippen MR) is 80.4 cm³/mol. The highest BCUT2D eigenvalue weighted by atomic mass is 32.2. The van der Waals surface area contributed by atoms with Gasteiger partial charge in [0.1, 0.15) is 0 Å². The Morgan fingerprint density at radius 2 is 2.05 bits per heavy atom. The number of likely N-dealkylation sites (tertiary alicyclic amines) is 1. The summed E-state index contributed by atoms with van der Waals surface area (Å²) in [6.07, 6.45) is 4.21. The number of carboxylic acid groups (broad SMARTS) is 1. The molecule has 1 fully saturated rings. The van der Waals surface area contributed by atoms with Crippen LogP contribution >= 0.6 is 11.8 Å². The fourth-order valence-corrected chi connectivity index (χ4v) is 3.39. The van der Waals surface area contributed by atoms with E-state index in [9.17, 15) is 14.7 Å². The third-order valence-corrected chi connectivity index (χ3v) is 4.40. The molecule has 1 aliphatic rings. The molecule has 20 heavy (non-hydrogen) atoms. The van der Waals surface area contributed by atoms with Crippen LogP contribution in [0.5, 0.6) is 0 Å². The lowest BCUT2D eigenvalue weighted by Gasteiger charge is -2.32. The molecule has 0 radical (unpaired) electrons. The molecule has 1 N–H and O–H groups in total. The normalized spacial score (nSPS) is 18.9.